The topological polar surface area (TPSA) is 100 Å². The number of carbonyl (C=O) groups excluding carboxylic acids is 2. The minimum Gasteiger partial charge on any atom is -0.354 e. The van der Waals surface area contributed by atoms with Crippen LogP contribution in [0.4, 0.5) is 17.1 Å². The molecule has 4 rings (SSSR count). The summed E-state index contributed by atoms with van der Waals surface area (Å²) in [4.78, 5) is 29.5. The Morgan fingerprint density at radius 1 is 0.927 bits per heavy atom. The van der Waals surface area contributed by atoms with E-state index in [0.29, 0.717) is 34.4 Å². The van der Waals surface area contributed by atoms with Gasteiger partial charge in [0.05, 0.1) is 29.8 Å². The predicted molar refractivity (Wildman–Crippen MR) is 165 cm³/mol. The van der Waals surface area contributed by atoms with Gasteiger partial charge in [-0.1, -0.05) is 30.3 Å². The van der Waals surface area contributed by atoms with Crippen LogP contribution >= 0.6 is 7.60 Å². The largest absolute Gasteiger partial charge is 0.361 e. The van der Waals surface area contributed by atoms with Crippen LogP contribution in [-0.4, -0.2) is 57.1 Å². The number of nitrogens with one attached hydrogen (secondary N) is 2. The maximum Gasteiger partial charge on any atom is 0.361 e. The smallest absolute Gasteiger partial charge is 0.354 e. The van der Waals surface area contributed by atoms with Crippen LogP contribution in [0.5, 0.6) is 0 Å². The molecule has 0 radical (unpaired) electrons. The van der Waals surface area contributed by atoms with Gasteiger partial charge in [0.25, 0.3) is 5.91 Å². The van der Waals surface area contributed by atoms with Gasteiger partial charge in [0.1, 0.15) is 0 Å². The number of hydrogen-bond donors (Lipinski definition) is 2. The second-order valence-corrected chi connectivity index (χ2v) is 11.8. The van der Waals surface area contributed by atoms with Gasteiger partial charge in [-0.3, -0.25) is 14.2 Å². The summed E-state index contributed by atoms with van der Waals surface area (Å²) in [6.07, 6.45) is 0. The zero-order valence-corrected chi connectivity index (χ0v) is 25.0. The predicted octanol–water partition coefficient (Wildman–Crippen LogP) is 5.43. The van der Waals surface area contributed by atoms with E-state index in [2.05, 4.69) is 10.6 Å². The Balaban J connectivity index is 1.77. The molecule has 216 valence electrons. The molecule has 0 bridgehead atoms. The molecule has 1 aliphatic heterocycles. The first-order valence-electron chi connectivity index (χ1n) is 13.6. The molecule has 3 aromatic carbocycles. The molecule has 0 fully saturated rings. The molecule has 41 heavy (non-hydrogen) atoms. The van der Waals surface area contributed by atoms with Gasteiger partial charge in [0.15, 0.2) is 0 Å². The number of nitrogens with zero attached hydrogens (tertiary/aromatic N) is 2. The van der Waals surface area contributed by atoms with Crippen LogP contribution in [0, 0.1) is 0 Å². The van der Waals surface area contributed by atoms with Crippen LogP contribution in [0.15, 0.2) is 72.8 Å². The third-order valence-electron chi connectivity index (χ3n) is 6.57. The molecule has 3 aromatic rings. The molecule has 0 aliphatic carbocycles. The Morgan fingerprint density at radius 2 is 1.59 bits per heavy atom. The number of fused-ring (bicyclic) bond motifs is 1. The Hall–Kier alpha value is -3.75. The number of benzene rings is 3. The lowest BCUT2D eigenvalue weighted by molar-refractivity contribution is -0.116. The Labute approximate surface area is 241 Å². The molecule has 2 N–H and O–H groups in total. The summed E-state index contributed by atoms with van der Waals surface area (Å²) in [6, 6.07) is 22.2. The summed E-state index contributed by atoms with van der Waals surface area (Å²) in [6.45, 7) is 6.82. The number of likely N-dealkylation sites (N-methyl/N-ethyl adjacent to an activating group) is 1. The van der Waals surface area contributed by atoms with E-state index >= 15 is 0 Å². The maximum absolute atomic E-state index is 13.5. The second-order valence-electron chi connectivity index (χ2n) is 9.78. The SMILES string of the molecule is CCOP(=O)(OCC)c1ccc2c(c1)C(=C(Nc1ccc(N(CCN(C)C)C(C)=O)cc1)c1ccccc1)C(=O)N2. The average Bonchev–Trinajstić information content (AvgIpc) is 3.27. The summed E-state index contributed by atoms with van der Waals surface area (Å²) in [5.41, 5.74) is 4.53. The quantitative estimate of drug-likeness (QED) is 0.219. The Kier molecular flexibility index (Phi) is 9.78. The lowest BCUT2D eigenvalue weighted by Crippen LogP contribution is -2.35. The van der Waals surface area contributed by atoms with Crippen molar-refractivity contribution >= 4 is 53.0 Å². The minimum atomic E-state index is -3.57. The van der Waals surface area contributed by atoms with Crippen LogP contribution in [0.2, 0.25) is 0 Å². The second kappa shape index (κ2) is 13.3. The van der Waals surface area contributed by atoms with Crippen molar-refractivity contribution in [2.45, 2.75) is 20.8 Å². The molecule has 1 heterocycles. The third-order valence-corrected chi connectivity index (χ3v) is 8.68. The average molecular weight is 577 g/mol. The standard InChI is InChI=1S/C31H37N4O5P/c1-6-39-41(38,40-7-2)26-17-18-28-27(21-26)29(31(37)33-28)30(23-11-9-8-10-12-23)32-24-13-15-25(16-14-24)35(22(3)36)20-19-34(4)5/h8-18,21,32H,6-7,19-20H2,1-5H3,(H,33,37). The van der Waals surface area contributed by atoms with Gasteiger partial charge >= 0.3 is 7.60 Å². The summed E-state index contributed by atoms with van der Waals surface area (Å²) in [7, 11) is 0.366. The highest BCUT2D eigenvalue weighted by molar-refractivity contribution is 7.62. The molecule has 0 spiro atoms. The number of amides is 2. The lowest BCUT2D eigenvalue weighted by atomic mass is 10.00. The van der Waals surface area contributed by atoms with Gasteiger partial charge in [-0.05, 0) is 76.0 Å². The summed E-state index contributed by atoms with van der Waals surface area (Å²) in [5.74, 6) is -0.319. The number of rotatable bonds is 12. The zero-order chi connectivity index (χ0) is 29.6. The molecule has 2 amide bonds. The molecule has 0 saturated heterocycles. The monoisotopic (exact) mass is 576 g/mol. The van der Waals surface area contributed by atoms with E-state index in [-0.39, 0.29) is 25.0 Å². The van der Waals surface area contributed by atoms with E-state index in [4.69, 9.17) is 9.05 Å². The molecule has 9 nitrogen and oxygen atoms in total. The minimum absolute atomic E-state index is 0.0360. The van der Waals surface area contributed by atoms with Gasteiger partial charge in [-0.15, -0.1) is 0 Å². The highest BCUT2D eigenvalue weighted by Crippen LogP contribution is 2.48. The van der Waals surface area contributed by atoms with E-state index in [0.717, 1.165) is 23.5 Å². The Morgan fingerprint density at radius 3 is 2.17 bits per heavy atom. The third kappa shape index (κ3) is 6.94. The van der Waals surface area contributed by atoms with E-state index < -0.39 is 7.60 Å². The van der Waals surface area contributed by atoms with Crippen molar-refractivity contribution in [2.75, 3.05) is 55.9 Å². The van der Waals surface area contributed by atoms with Crippen LogP contribution < -0.4 is 20.8 Å². The van der Waals surface area contributed by atoms with Crippen molar-refractivity contribution in [3.8, 4) is 0 Å². The molecule has 0 unspecified atom stereocenters. The van der Waals surface area contributed by atoms with Crippen LogP contribution in [0.1, 0.15) is 31.9 Å². The molecule has 0 atom stereocenters. The molecule has 0 saturated carbocycles. The number of carbonyl (C=O) groups is 2. The maximum atomic E-state index is 13.5. The Bertz CT molecular complexity index is 1460. The van der Waals surface area contributed by atoms with Gasteiger partial charge < -0.3 is 29.5 Å². The summed E-state index contributed by atoms with van der Waals surface area (Å²) >= 11 is 0. The van der Waals surface area contributed by atoms with Gasteiger partial charge in [-0.2, -0.15) is 0 Å². The number of anilines is 3. The van der Waals surface area contributed by atoms with Crippen molar-refractivity contribution in [2.24, 2.45) is 0 Å². The van der Waals surface area contributed by atoms with E-state index in [1.165, 1.54) is 0 Å². The van der Waals surface area contributed by atoms with Crippen molar-refractivity contribution in [3.05, 3.63) is 83.9 Å². The van der Waals surface area contributed by atoms with Crippen molar-refractivity contribution < 1.29 is 23.2 Å². The van der Waals surface area contributed by atoms with Crippen molar-refractivity contribution in [1.29, 1.82) is 0 Å². The fraction of sp³-hybridized carbons (Fsp3) is 0.290. The molecule has 1 aliphatic rings. The van der Waals surface area contributed by atoms with Gasteiger partial charge in [-0.25, -0.2) is 0 Å². The molecular formula is C31H37N4O5P. The first-order valence-corrected chi connectivity index (χ1v) is 15.2. The van der Waals surface area contributed by atoms with Crippen molar-refractivity contribution in [3.63, 3.8) is 0 Å². The highest BCUT2D eigenvalue weighted by Gasteiger charge is 2.33. The first kappa shape index (κ1) is 30.2. The van der Waals surface area contributed by atoms with Gasteiger partial charge in [0.2, 0.25) is 5.91 Å². The van der Waals surface area contributed by atoms with Gasteiger partial charge in [0, 0.05) is 42.6 Å². The van der Waals surface area contributed by atoms with Crippen LogP contribution in [-0.2, 0) is 23.2 Å². The highest BCUT2D eigenvalue weighted by atomic mass is 31.2. The molecule has 10 heteroatoms. The summed E-state index contributed by atoms with van der Waals surface area (Å²) < 4.78 is 24.7. The van der Waals surface area contributed by atoms with Crippen LogP contribution in [0.3, 0.4) is 0 Å². The molecular weight excluding hydrogens is 539 g/mol. The number of hydrogen-bond acceptors (Lipinski definition) is 7. The lowest BCUT2D eigenvalue weighted by Gasteiger charge is -2.23. The normalized spacial score (nSPS) is 14.0. The zero-order valence-electron chi connectivity index (χ0n) is 24.1. The summed E-state index contributed by atoms with van der Waals surface area (Å²) in [5, 5.41) is 6.75. The van der Waals surface area contributed by atoms with E-state index in [9.17, 15) is 14.2 Å². The fourth-order valence-electron chi connectivity index (χ4n) is 4.62. The van der Waals surface area contributed by atoms with E-state index in [1.54, 1.807) is 43.9 Å². The first-order chi connectivity index (χ1) is 19.7. The van der Waals surface area contributed by atoms with Crippen LogP contribution in [0.25, 0.3) is 11.3 Å². The molecule has 0 aromatic heterocycles. The fourth-order valence-corrected chi connectivity index (χ4v) is 6.22. The van der Waals surface area contributed by atoms with Crippen molar-refractivity contribution in [1.82, 2.24) is 4.90 Å². The van der Waals surface area contributed by atoms with E-state index in [1.807, 2.05) is 73.6 Å².